The van der Waals surface area contributed by atoms with Crippen molar-refractivity contribution in [3.8, 4) is 0 Å². The fourth-order valence-corrected chi connectivity index (χ4v) is 3.67. The summed E-state index contributed by atoms with van der Waals surface area (Å²) < 4.78 is 1.16. The molecular formula is C14H18Br2. The Bertz CT molecular complexity index is 336. The molecule has 0 aromatic heterocycles. The Kier molecular flexibility index (Phi) is 4.12. The van der Waals surface area contributed by atoms with Crippen molar-refractivity contribution in [2.75, 3.05) is 0 Å². The number of benzene rings is 1. The predicted octanol–water partition coefficient (Wildman–Crippen LogP) is 5.86. The summed E-state index contributed by atoms with van der Waals surface area (Å²) in [6.07, 6.45) is 6.87. The summed E-state index contributed by atoms with van der Waals surface area (Å²) in [6.45, 7) is 2.42. The van der Waals surface area contributed by atoms with E-state index in [0.29, 0.717) is 10.2 Å². The van der Waals surface area contributed by atoms with Gasteiger partial charge in [0.2, 0.25) is 0 Å². The van der Waals surface area contributed by atoms with Crippen LogP contribution in [0.4, 0.5) is 0 Å². The highest BCUT2D eigenvalue weighted by Crippen LogP contribution is 2.50. The zero-order valence-electron chi connectivity index (χ0n) is 9.68. The normalized spacial score (nSPS) is 21.7. The van der Waals surface area contributed by atoms with Crippen molar-refractivity contribution >= 4 is 31.9 Å². The van der Waals surface area contributed by atoms with Gasteiger partial charge < -0.3 is 0 Å². The summed E-state index contributed by atoms with van der Waals surface area (Å²) in [6, 6.07) is 8.72. The van der Waals surface area contributed by atoms with E-state index in [1.807, 2.05) is 0 Å². The fourth-order valence-electron chi connectivity index (χ4n) is 2.65. The standard InChI is InChI=1S/C14H18Br2/c1-14(9-3-2-4-10-14)13(16)11-5-7-12(15)8-6-11/h5-8,13H,2-4,9-10H2,1H3. The second-order valence-corrected chi connectivity index (χ2v) is 6.96. The Morgan fingerprint density at radius 3 is 2.19 bits per heavy atom. The van der Waals surface area contributed by atoms with Gasteiger partial charge in [0.1, 0.15) is 0 Å². The molecule has 1 fully saturated rings. The Hall–Kier alpha value is 0.180. The van der Waals surface area contributed by atoms with Crippen LogP contribution in [0.25, 0.3) is 0 Å². The summed E-state index contributed by atoms with van der Waals surface area (Å²) in [5.41, 5.74) is 1.85. The van der Waals surface area contributed by atoms with Crippen molar-refractivity contribution in [2.24, 2.45) is 5.41 Å². The molecule has 2 rings (SSSR count). The van der Waals surface area contributed by atoms with Gasteiger partial charge in [-0.05, 0) is 36.0 Å². The minimum atomic E-state index is 0.437. The first-order valence-electron chi connectivity index (χ1n) is 6.01. The smallest absolute Gasteiger partial charge is 0.0448 e. The van der Waals surface area contributed by atoms with Crippen LogP contribution in [0.15, 0.2) is 28.7 Å². The van der Waals surface area contributed by atoms with Gasteiger partial charge in [0.25, 0.3) is 0 Å². The lowest BCUT2D eigenvalue weighted by Crippen LogP contribution is -2.25. The van der Waals surface area contributed by atoms with Gasteiger partial charge in [0.05, 0.1) is 0 Å². The topological polar surface area (TPSA) is 0 Å². The average Bonchev–Trinajstić information content (AvgIpc) is 2.30. The van der Waals surface area contributed by atoms with Crippen LogP contribution in [0.5, 0.6) is 0 Å². The zero-order valence-corrected chi connectivity index (χ0v) is 12.9. The van der Waals surface area contributed by atoms with Gasteiger partial charge in [-0.1, -0.05) is 70.2 Å². The highest BCUT2D eigenvalue weighted by molar-refractivity contribution is 9.10. The maximum Gasteiger partial charge on any atom is 0.0448 e. The van der Waals surface area contributed by atoms with Crippen molar-refractivity contribution in [2.45, 2.75) is 43.9 Å². The summed E-state index contributed by atoms with van der Waals surface area (Å²) in [7, 11) is 0. The third-order valence-electron chi connectivity index (χ3n) is 3.77. The van der Waals surface area contributed by atoms with Gasteiger partial charge in [-0.3, -0.25) is 0 Å². The second kappa shape index (κ2) is 5.22. The summed E-state index contributed by atoms with van der Waals surface area (Å²) in [5.74, 6) is 0. The zero-order chi connectivity index (χ0) is 11.6. The van der Waals surface area contributed by atoms with E-state index in [0.717, 1.165) is 4.47 Å². The Balaban J connectivity index is 2.16. The molecule has 1 aliphatic carbocycles. The van der Waals surface area contributed by atoms with Crippen molar-refractivity contribution < 1.29 is 0 Å². The first-order chi connectivity index (χ1) is 7.62. The van der Waals surface area contributed by atoms with Gasteiger partial charge in [0.15, 0.2) is 0 Å². The molecule has 1 aromatic rings. The Morgan fingerprint density at radius 2 is 1.62 bits per heavy atom. The van der Waals surface area contributed by atoms with E-state index < -0.39 is 0 Å². The molecule has 0 spiro atoms. The van der Waals surface area contributed by atoms with Crippen molar-refractivity contribution in [1.82, 2.24) is 0 Å². The molecule has 1 aliphatic rings. The molecule has 1 atom stereocenters. The maximum absolute atomic E-state index is 3.91. The Morgan fingerprint density at radius 1 is 1.06 bits per heavy atom. The largest absolute Gasteiger partial charge is 0.0833 e. The van der Waals surface area contributed by atoms with E-state index >= 15 is 0 Å². The quantitative estimate of drug-likeness (QED) is 0.589. The molecular weight excluding hydrogens is 328 g/mol. The minimum Gasteiger partial charge on any atom is -0.0833 e. The molecule has 2 heteroatoms. The van der Waals surface area contributed by atoms with Gasteiger partial charge in [-0.15, -0.1) is 0 Å². The van der Waals surface area contributed by atoms with Gasteiger partial charge >= 0.3 is 0 Å². The number of hydrogen-bond donors (Lipinski definition) is 0. The molecule has 88 valence electrons. The molecule has 0 amide bonds. The summed E-state index contributed by atoms with van der Waals surface area (Å²) in [5, 5.41) is 0. The van der Waals surface area contributed by atoms with E-state index in [1.54, 1.807) is 0 Å². The van der Waals surface area contributed by atoms with Gasteiger partial charge in [-0.25, -0.2) is 0 Å². The van der Waals surface area contributed by atoms with E-state index in [4.69, 9.17) is 0 Å². The molecule has 0 nitrogen and oxygen atoms in total. The van der Waals surface area contributed by atoms with E-state index in [1.165, 1.54) is 37.7 Å². The average molecular weight is 346 g/mol. The molecule has 1 unspecified atom stereocenters. The maximum atomic E-state index is 3.91. The van der Waals surface area contributed by atoms with E-state index in [2.05, 4.69) is 63.0 Å². The van der Waals surface area contributed by atoms with Crippen LogP contribution < -0.4 is 0 Å². The third-order valence-corrected chi connectivity index (χ3v) is 5.93. The van der Waals surface area contributed by atoms with Crippen molar-refractivity contribution in [3.63, 3.8) is 0 Å². The van der Waals surface area contributed by atoms with Crippen LogP contribution >= 0.6 is 31.9 Å². The Labute approximate surface area is 115 Å². The first kappa shape index (κ1) is 12.6. The third kappa shape index (κ3) is 2.70. The van der Waals surface area contributed by atoms with Crippen LogP contribution in [-0.2, 0) is 0 Å². The summed E-state index contributed by atoms with van der Waals surface area (Å²) >= 11 is 7.40. The lowest BCUT2D eigenvalue weighted by molar-refractivity contribution is 0.213. The van der Waals surface area contributed by atoms with Crippen LogP contribution in [0.1, 0.15) is 49.4 Å². The molecule has 0 saturated heterocycles. The predicted molar refractivity (Wildman–Crippen MR) is 77.0 cm³/mol. The lowest BCUT2D eigenvalue weighted by atomic mass is 9.72. The SMILES string of the molecule is CC1(C(Br)c2ccc(Br)cc2)CCCCC1. The molecule has 1 saturated carbocycles. The number of alkyl halides is 1. The van der Waals surface area contributed by atoms with E-state index in [9.17, 15) is 0 Å². The van der Waals surface area contributed by atoms with Gasteiger partial charge in [0, 0.05) is 9.30 Å². The van der Waals surface area contributed by atoms with Crippen molar-refractivity contribution in [1.29, 1.82) is 0 Å². The fraction of sp³-hybridized carbons (Fsp3) is 0.571. The molecule has 0 radical (unpaired) electrons. The monoisotopic (exact) mass is 344 g/mol. The van der Waals surface area contributed by atoms with Crippen LogP contribution in [0, 0.1) is 5.41 Å². The molecule has 0 aliphatic heterocycles. The molecule has 0 bridgehead atoms. The van der Waals surface area contributed by atoms with Crippen LogP contribution in [0.2, 0.25) is 0 Å². The number of rotatable bonds is 2. The first-order valence-corrected chi connectivity index (χ1v) is 7.72. The van der Waals surface area contributed by atoms with Gasteiger partial charge in [-0.2, -0.15) is 0 Å². The van der Waals surface area contributed by atoms with Crippen LogP contribution in [-0.4, -0.2) is 0 Å². The molecule has 0 N–H and O–H groups in total. The van der Waals surface area contributed by atoms with E-state index in [-0.39, 0.29) is 0 Å². The van der Waals surface area contributed by atoms with Crippen molar-refractivity contribution in [3.05, 3.63) is 34.3 Å². The highest BCUT2D eigenvalue weighted by atomic mass is 79.9. The van der Waals surface area contributed by atoms with Crippen LogP contribution in [0.3, 0.4) is 0 Å². The summed E-state index contributed by atoms with van der Waals surface area (Å²) in [4.78, 5) is 0.494. The second-order valence-electron chi connectivity index (χ2n) is 5.13. The highest BCUT2D eigenvalue weighted by Gasteiger charge is 2.34. The minimum absolute atomic E-state index is 0.437. The molecule has 1 aromatic carbocycles. The molecule has 16 heavy (non-hydrogen) atoms. The lowest BCUT2D eigenvalue weighted by Gasteiger charge is -2.38. The number of hydrogen-bond acceptors (Lipinski definition) is 0. The molecule has 0 heterocycles. The number of halogens is 2.